The molecule has 1 aliphatic rings. The molecule has 1 saturated heterocycles. The average molecular weight is 456 g/mol. The fraction of sp³-hybridized carbons (Fsp3) is 0.417. The van der Waals surface area contributed by atoms with Crippen molar-refractivity contribution < 1.29 is 9.53 Å². The molecule has 4 rings (SSSR count). The molecule has 5 nitrogen and oxygen atoms in total. The van der Waals surface area contributed by atoms with E-state index in [1.165, 1.54) is 22.4 Å². The van der Waals surface area contributed by atoms with E-state index < -0.39 is 0 Å². The monoisotopic (exact) mass is 455 g/mol. The quantitative estimate of drug-likeness (QED) is 0.329. The number of thiazole rings is 1. The van der Waals surface area contributed by atoms with Crippen LogP contribution >= 0.6 is 23.1 Å². The van der Waals surface area contributed by atoms with Crippen LogP contribution in [0.25, 0.3) is 10.2 Å². The van der Waals surface area contributed by atoms with Crippen molar-refractivity contribution in [2.45, 2.75) is 31.1 Å². The molecule has 0 bridgehead atoms. The van der Waals surface area contributed by atoms with Crippen LogP contribution in [0.4, 0.5) is 5.13 Å². The smallest absolute Gasteiger partial charge is 0.253 e. The van der Waals surface area contributed by atoms with Gasteiger partial charge in [0, 0.05) is 36.6 Å². The Hall–Kier alpha value is -2.25. The van der Waals surface area contributed by atoms with Gasteiger partial charge in [-0.1, -0.05) is 31.1 Å². The molecule has 1 aliphatic heterocycles. The van der Waals surface area contributed by atoms with Crippen LogP contribution in [0.3, 0.4) is 0 Å². The summed E-state index contributed by atoms with van der Waals surface area (Å²) in [4.78, 5) is 23.2. The van der Waals surface area contributed by atoms with Gasteiger partial charge in [0.2, 0.25) is 0 Å². The molecule has 3 aromatic rings. The van der Waals surface area contributed by atoms with Crippen LogP contribution in [0.5, 0.6) is 5.75 Å². The molecule has 0 N–H and O–H groups in total. The number of rotatable bonds is 8. The molecule has 2 heterocycles. The Balaban J connectivity index is 1.32. The lowest BCUT2D eigenvalue weighted by molar-refractivity contribution is 0.0746. The van der Waals surface area contributed by atoms with E-state index in [4.69, 9.17) is 9.72 Å². The highest BCUT2D eigenvalue weighted by Gasteiger charge is 2.24. The summed E-state index contributed by atoms with van der Waals surface area (Å²) in [6.07, 6.45) is 5.52. The van der Waals surface area contributed by atoms with E-state index >= 15 is 0 Å². The molecule has 1 aromatic heterocycles. The van der Waals surface area contributed by atoms with Crippen LogP contribution < -0.4 is 9.64 Å². The number of nitrogens with zero attached hydrogens (tertiary/aromatic N) is 3. The summed E-state index contributed by atoms with van der Waals surface area (Å²) in [6.45, 7) is 5.94. The zero-order valence-corrected chi connectivity index (χ0v) is 19.8. The minimum atomic E-state index is 0.0890. The van der Waals surface area contributed by atoms with Gasteiger partial charge in [-0.25, -0.2) is 4.98 Å². The van der Waals surface area contributed by atoms with Crippen molar-refractivity contribution >= 4 is 44.4 Å². The number of fused-ring (bicyclic) bond motifs is 1. The maximum absolute atomic E-state index is 12.9. The van der Waals surface area contributed by atoms with Crippen LogP contribution in [-0.4, -0.2) is 54.8 Å². The molecule has 1 fully saturated rings. The standard InChI is InChI=1S/C24H29N3O2S2/c1-3-4-5-16-29-19-8-6-18(7-9-19)23(28)26-12-14-27(15-13-26)24-25-21-11-10-20(30-2)17-22(21)31-24/h6-11,17H,3-5,12-16H2,1-2H3. The molecule has 0 spiro atoms. The van der Waals surface area contributed by atoms with E-state index in [1.807, 2.05) is 29.2 Å². The highest BCUT2D eigenvalue weighted by atomic mass is 32.2. The van der Waals surface area contributed by atoms with Gasteiger partial charge in [0.15, 0.2) is 5.13 Å². The summed E-state index contributed by atoms with van der Waals surface area (Å²) in [5, 5.41) is 1.05. The van der Waals surface area contributed by atoms with Crippen LogP contribution in [0.15, 0.2) is 47.4 Å². The fourth-order valence-corrected chi connectivity index (χ4v) is 5.25. The van der Waals surface area contributed by atoms with E-state index in [-0.39, 0.29) is 5.91 Å². The summed E-state index contributed by atoms with van der Waals surface area (Å²) in [5.74, 6) is 0.920. The van der Waals surface area contributed by atoms with Crippen LogP contribution in [0.1, 0.15) is 36.5 Å². The molecule has 0 radical (unpaired) electrons. The maximum atomic E-state index is 12.9. The van der Waals surface area contributed by atoms with Gasteiger partial charge in [0.1, 0.15) is 5.75 Å². The third-order valence-electron chi connectivity index (χ3n) is 5.54. The molecule has 1 amide bonds. The summed E-state index contributed by atoms with van der Waals surface area (Å²) in [7, 11) is 0. The van der Waals surface area contributed by atoms with E-state index in [0.29, 0.717) is 13.1 Å². The first-order valence-electron chi connectivity index (χ1n) is 10.9. The highest BCUT2D eigenvalue weighted by molar-refractivity contribution is 7.98. The van der Waals surface area contributed by atoms with Gasteiger partial charge in [-0.05, 0) is 55.1 Å². The Labute approximate surface area is 192 Å². The lowest BCUT2D eigenvalue weighted by Crippen LogP contribution is -2.48. The molecular weight excluding hydrogens is 426 g/mol. The van der Waals surface area contributed by atoms with E-state index in [9.17, 15) is 4.79 Å². The lowest BCUT2D eigenvalue weighted by Gasteiger charge is -2.34. The van der Waals surface area contributed by atoms with Gasteiger partial charge in [-0.2, -0.15) is 0 Å². The number of benzene rings is 2. The van der Waals surface area contributed by atoms with Gasteiger partial charge in [0.05, 0.1) is 16.8 Å². The molecule has 0 atom stereocenters. The summed E-state index contributed by atoms with van der Waals surface area (Å²) in [6, 6.07) is 14.0. The van der Waals surface area contributed by atoms with Crippen molar-refractivity contribution in [3.63, 3.8) is 0 Å². The van der Waals surface area contributed by atoms with Crippen molar-refractivity contribution in [2.75, 3.05) is 43.9 Å². The molecular formula is C24H29N3O2S2. The van der Waals surface area contributed by atoms with Crippen molar-refractivity contribution in [1.29, 1.82) is 0 Å². The highest BCUT2D eigenvalue weighted by Crippen LogP contribution is 2.32. The molecule has 31 heavy (non-hydrogen) atoms. The normalized spacial score (nSPS) is 14.3. The molecule has 7 heteroatoms. The van der Waals surface area contributed by atoms with Crippen molar-refractivity contribution in [2.24, 2.45) is 0 Å². The first kappa shape index (κ1) is 22.0. The largest absolute Gasteiger partial charge is 0.494 e. The molecule has 2 aromatic carbocycles. The number of hydrogen-bond donors (Lipinski definition) is 0. The third-order valence-corrected chi connectivity index (χ3v) is 7.34. The summed E-state index contributed by atoms with van der Waals surface area (Å²) >= 11 is 3.48. The number of aromatic nitrogens is 1. The number of carbonyl (C=O) groups is 1. The zero-order chi connectivity index (χ0) is 21.6. The van der Waals surface area contributed by atoms with Gasteiger partial charge in [-0.15, -0.1) is 11.8 Å². The van der Waals surface area contributed by atoms with E-state index in [1.54, 1.807) is 23.1 Å². The number of carbonyl (C=O) groups excluding carboxylic acids is 1. The molecule has 0 aliphatic carbocycles. The SMILES string of the molecule is CCCCCOc1ccc(C(=O)N2CCN(c3nc4ccc(SC)cc4s3)CC2)cc1. The van der Waals surface area contributed by atoms with Gasteiger partial charge in [-0.3, -0.25) is 4.79 Å². The zero-order valence-electron chi connectivity index (χ0n) is 18.2. The second kappa shape index (κ2) is 10.4. The minimum absolute atomic E-state index is 0.0890. The Morgan fingerprint density at radius 3 is 2.58 bits per heavy atom. The molecule has 0 saturated carbocycles. The molecule has 0 unspecified atom stereocenters. The Bertz CT molecular complexity index is 1010. The first-order chi connectivity index (χ1) is 15.2. The van der Waals surface area contributed by atoms with Gasteiger partial charge in [0.25, 0.3) is 5.91 Å². The van der Waals surface area contributed by atoms with Gasteiger partial charge < -0.3 is 14.5 Å². The lowest BCUT2D eigenvalue weighted by atomic mass is 10.1. The van der Waals surface area contributed by atoms with Crippen LogP contribution in [-0.2, 0) is 0 Å². The topological polar surface area (TPSA) is 45.7 Å². The number of hydrogen-bond acceptors (Lipinski definition) is 6. The Morgan fingerprint density at radius 1 is 1.10 bits per heavy atom. The van der Waals surface area contributed by atoms with E-state index in [2.05, 4.69) is 36.3 Å². The van der Waals surface area contributed by atoms with Crippen LogP contribution in [0, 0.1) is 0 Å². The fourth-order valence-electron chi connectivity index (χ4n) is 3.67. The average Bonchev–Trinajstić information content (AvgIpc) is 3.25. The number of amides is 1. The second-order valence-electron chi connectivity index (χ2n) is 7.69. The second-order valence-corrected chi connectivity index (χ2v) is 9.58. The first-order valence-corrected chi connectivity index (χ1v) is 12.9. The van der Waals surface area contributed by atoms with Crippen LogP contribution in [0.2, 0.25) is 0 Å². The summed E-state index contributed by atoms with van der Waals surface area (Å²) < 4.78 is 6.97. The number of anilines is 1. The summed E-state index contributed by atoms with van der Waals surface area (Å²) in [5.41, 5.74) is 1.77. The predicted octanol–water partition coefficient (Wildman–Crippen LogP) is 5.55. The number of piperazine rings is 1. The van der Waals surface area contributed by atoms with Gasteiger partial charge >= 0.3 is 0 Å². The number of ether oxygens (including phenoxy) is 1. The molecule has 164 valence electrons. The minimum Gasteiger partial charge on any atom is -0.494 e. The number of thioether (sulfide) groups is 1. The third kappa shape index (κ3) is 5.33. The Kier molecular flexibility index (Phi) is 7.35. The number of unbranched alkanes of at least 4 members (excludes halogenated alkanes) is 2. The Morgan fingerprint density at radius 2 is 1.87 bits per heavy atom. The van der Waals surface area contributed by atoms with E-state index in [0.717, 1.165) is 48.1 Å². The van der Waals surface area contributed by atoms with Crippen molar-refractivity contribution in [1.82, 2.24) is 9.88 Å². The van der Waals surface area contributed by atoms with Crippen molar-refractivity contribution in [3.05, 3.63) is 48.0 Å². The maximum Gasteiger partial charge on any atom is 0.253 e. The van der Waals surface area contributed by atoms with Crippen molar-refractivity contribution in [3.8, 4) is 5.75 Å². The predicted molar refractivity (Wildman–Crippen MR) is 131 cm³/mol.